The predicted molar refractivity (Wildman–Crippen MR) is 84.4 cm³/mol. The average Bonchev–Trinajstić information content (AvgIpc) is 2.48. The SMILES string of the molecule is CCCCOP(=O)(OCCCC)OCCCC.OCCO. The number of rotatable bonds is 13. The summed E-state index contributed by atoms with van der Waals surface area (Å²) in [6, 6.07) is 0. The molecule has 0 fully saturated rings. The van der Waals surface area contributed by atoms with E-state index in [0.717, 1.165) is 38.5 Å². The molecular formula is C14H33O6P. The largest absolute Gasteiger partial charge is 0.474 e. The second kappa shape index (κ2) is 18.1. The molecule has 0 amide bonds. The van der Waals surface area contributed by atoms with Crippen LogP contribution in [0.1, 0.15) is 59.3 Å². The highest BCUT2D eigenvalue weighted by Crippen LogP contribution is 2.49. The Morgan fingerprint density at radius 1 is 0.714 bits per heavy atom. The number of aliphatic hydroxyl groups excluding tert-OH is 2. The first-order valence-corrected chi connectivity index (χ1v) is 9.31. The van der Waals surface area contributed by atoms with Gasteiger partial charge in [0.2, 0.25) is 0 Å². The first-order valence-electron chi connectivity index (χ1n) is 7.85. The Bertz CT molecular complexity index is 202. The van der Waals surface area contributed by atoms with Gasteiger partial charge in [0.05, 0.1) is 33.0 Å². The minimum atomic E-state index is -3.31. The van der Waals surface area contributed by atoms with Crippen LogP contribution in [0.15, 0.2) is 0 Å². The molecule has 0 heterocycles. The van der Waals surface area contributed by atoms with Crippen LogP contribution in [0.5, 0.6) is 0 Å². The summed E-state index contributed by atoms with van der Waals surface area (Å²) in [5.74, 6) is 0. The monoisotopic (exact) mass is 328 g/mol. The van der Waals surface area contributed by atoms with Crippen molar-refractivity contribution in [2.75, 3.05) is 33.0 Å². The van der Waals surface area contributed by atoms with Crippen LogP contribution in [0, 0.1) is 0 Å². The molecule has 0 bridgehead atoms. The summed E-state index contributed by atoms with van der Waals surface area (Å²) in [6.45, 7) is 7.24. The van der Waals surface area contributed by atoms with Crippen molar-refractivity contribution in [3.63, 3.8) is 0 Å². The molecule has 7 heteroatoms. The molecule has 0 spiro atoms. The third-order valence-corrected chi connectivity index (χ3v) is 3.84. The lowest BCUT2D eigenvalue weighted by molar-refractivity contribution is 0.110. The summed E-state index contributed by atoms with van der Waals surface area (Å²) in [6.07, 6.45) is 5.63. The third kappa shape index (κ3) is 18.0. The molecule has 6 nitrogen and oxygen atoms in total. The molecule has 0 rings (SSSR count). The van der Waals surface area contributed by atoms with Crippen LogP contribution in [-0.2, 0) is 18.1 Å². The van der Waals surface area contributed by atoms with Gasteiger partial charge in [-0.05, 0) is 19.3 Å². The van der Waals surface area contributed by atoms with Gasteiger partial charge in [-0.1, -0.05) is 40.0 Å². The summed E-state index contributed by atoms with van der Waals surface area (Å²) in [5.41, 5.74) is 0. The van der Waals surface area contributed by atoms with Gasteiger partial charge in [-0.2, -0.15) is 0 Å². The lowest BCUT2D eigenvalue weighted by atomic mass is 10.4. The maximum absolute atomic E-state index is 12.2. The number of hydrogen-bond acceptors (Lipinski definition) is 6. The van der Waals surface area contributed by atoms with Crippen molar-refractivity contribution in [3.05, 3.63) is 0 Å². The maximum Gasteiger partial charge on any atom is 0.474 e. The third-order valence-electron chi connectivity index (χ3n) is 2.34. The van der Waals surface area contributed by atoms with E-state index in [1.165, 1.54) is 0 Å². The first kappa shape index (κ1) is 23.3. The van der Waals surface area contributed by atoms with Crippen LogP contribution in [0.3, 0.4) is 0 Å². The molecule has 21 heavy (non-hydrogen) atoms. The Labute approximate surface area is 129 Å². The molecule has 0 saturated heterocycles. The molecule has 0 radical (unpaired) electrons. The van der Waals surface area contributed by atoms with E-state index in [0.29, 0.717) is 19.8 Å². The maximum atomic E-state index is 12.2. The minimum Gasteiger partial charge on any atom is -0.394 e. The van der Waals surface area contributed by atoms with Gasteiger partial charge in [0, 0.05) is 0 Å². The highest BCUT2D eigenvalue weighted by Gasteiger charge is 2.25. The van der Waals surface area contributed by atoms with Crippen molar-refractivity contribution in [1.29, 1.82) is 0 Å². The molecule has 2 N–H and O–H groups in total. The van der Waals surface area contributed by atoms with Crippen LogP contribution >= 0.6 is 7.82 Å². The topological polar surface area (TPSA) is 85.2 Å². The molecule has 0 saturated carbocycles. The van der Waals surface area contributed by atoms with Crippen molar-refractivity contribution in [3.8, 4) is 0 Å². The van der Waals surface area contributed by atoms with Gasteiger partial charge in [-0.25, -0.2) is 4.57 Å². The Morgan fingerprint density at radius 2 is 1.00 bits per heavy atom. The second-order valence-electron chi connectivity index (χ2n) is 4.45. The fraction of sp³-hybridized carbons (Fsp3) is 1.00. The zero-order valence-corrected chi connectivity index (χ0v) is 14.6. The predicted octanol–water partition coefficient (Wildman–Crippen LogP) is 3.52. The van der Waals surface area contributed by atoms with Gasteiger partial charge in [0.25, 0.3) is 0 Å². The number of unbranched alkanes of at least 4 members (excludes halogenated alkanes) is 3. The Kier molecular flexibility index (Phi) is 20.1. The lowest BCUT2D eigenvalue weighted by Crippen LogP contribution is -2.03. The van der Waals surface area contributed by atoms with Gasteiger partial charge in [0.15, 0.2) is 0 Å². The molecule has 0 aromatic rings. The molecule has 0 atom stereocenters. The number of phosphoric ester groups is 1. The molecule has 0 aliphatic rings. The highest BCUT2D eigenvalue weighted by atomic mass is 31.2. The number of hydrogen-bond donors (Lipinski definition) is 2. The Hall–Kier alpha value is 0.0300. The number of phosphoric acid groups is 1. The second-order valence-corrected chi connectivity index (χ2v) is 6.12. The van der Waals surface area contributed by atoms with Crippen LogP contribution in [-0.4, -0.2) is 43.2 Å². The molecule has 0 aromatic carbocycles. The molecule has 0 aliphatic carbocycles. The summed E-state index contributed by atoms with van der Waals surface area (Å²) in [4.78, 5) is 0. The lowest BCUT2D eigenvalue weighted by Gasteiger charge is -2.17. The standard InChI is InChI=1S/C12H27O4P.C2H6O2/c1-4-7-10-14-17(13,15-11-8-5-2)16-12-9-6-3;3-1-2-4/h4-12H2,1-3H3;3-4H,1-2H2. The average molecular weight is 328 g/mol. The van der Waals surface area contributed by atoms with Gasteiger partial charge in [-0.3, -0.25) is 13.6 Å². The van der Waals surface area contributed by atoms with Gasteiger partial charge >= 0.3 is 7.82 Å². The van der Waals surface area contributed by atoms with E-state index in [-0.39, 0.29) is 13.2 Å². The van der Waals surface area contributed by atoms with Gasteiger partial charge < -0.3 is 10.2 Å². The van der Waals surface area contributed by atoms with E-state index in [1.54, 1.807) is 0 Å². The summed E-state index contributed by atoms with van der Waals surface area (Å²) < 4.78 is 28.0. The first-order chi connectivity index (χ1) is 10.1. The van der Waals surface area contributed by atoms with Crippen molar-refractivity contribution < 1.29 is 28.3 Å². The summed E-state index contributed by atoms with van der Waals surface area (Å²) in [5, 5.41) is 15.2. The zero-order chi connectivity index (χ0) is 16.4. The van der Waals surface area contributed by atoms with Gasteiger partial charge in [-0.15, -0.1) is 0 Å². The summed E-state index contributed by atoms with van der Waals surface area (Å²) >= 11 is 0. The highest BCUT2D eigenvalue weighted by molar-refractivity contribution is 7.48. The molecule has 0 aliphatic heterocycles. The van der Waals surface area contributed by atoms with E-state index in [1.807, 2.05) is 0 Å². The fourth-order valence-corrected chi connectivity index (χ4v) is 2.36. The van der Waals surface area contributed by atoms with Crippen molar-refractivity contribution in [1.82, 2.24) is 0 Å². The molecule has 0 aromatic heterocycles. The van der Waals surface area contributed by atoms with Crippen LogP contribution in [0.2, 0.25) is 0 Å². The van der Waals surface area contributed by atoms with Crippen molar-refractivity contribution >= 4 is 7.82 Å². The fourth-order valence-electron chi connectivity index (χ4n) is 1.07. The molecular weight excluding hydrogens is 295 g/mol. The van der Waals surface area contributed by atoms with E-state index >= 15 is 0 Å². The Morgan fingerprint density at radius 3 is 1.19 bits per heavy atom. The van der Waals surface area contributed by atoms with E-state index < -0.39 is 7.82 Å². The van der Waals surface area contributed by atoms with Crippen LogP contribution in [0.4, 0.5) is 0 Å². The quantitative estimate of drug-likeness (QED) is 0.397. The van der Waals surface area contributed by atoms with Crippen LogP contribution < -0.4 is 0 Å². The van der Waals surface area contributed by atoms with Crippen molar-refractivity contribution in [2.24, 2.45) is 0 Å². The number of aliphatic hydroxyl groups is 2. The smallest absolute Gasteiger partial charge is 0.394 e. The molecule has 0 unspecified atom stereocenters. The normalized spacial score (nSPS) is 11.1. The van der Waals surface area contributed by atoms with E-state index in [4.69, 9.17) is 23.8 Å². The minimum absolute atomic E-state index is 0.125. The van der Waals surface area contributed by atoms with E-state index in [9.17, 15) is 4.57 Å². The summed E-state index contributed by atoms with van der Waals surface area (Å²) in [7, 11) is -3.31. The van der Waals surface area contributed by atoms with E-state index in [2.05, 4.69) is 20.8 Å². The van der Waals surface area contributed by atoms with Crippen molar-refractivity contribution in [2.45, 2.75) is 59.3 Å². The van der Waals surface area contributed by atoms with Crippen LogP contribution in [0.25, 0.3) is 0 Å². The molecule has 130 valence electrons. The Balaban J connectivity index is 0. The zero-order valence-electron chi connectivity index (χ0n) is 13.8. The van der Waals surface area contributed by atoms with Gasteiger partial charge in [0.1, 0.15) is 0 Å².